The van der Waals surface area contributed by atoms with E-state index in [9.17, 15) is 14.9 Å². The quantitative estimate of drug-likeness (QED) is 0.755. The van der Waals surface area contributed by atoms with Crippen molar-refractivity contribution in [1.29, 1.82) is 5.26 Å². The number of piperidine rings is 1. The highest BCUT2D eigenvalue weighted by Crippen LogP contribution is 2.34. The molecule has 7 heteroatoms. The first kappa shape index (κ1) is 18.3. The molecule has 1 aromatic rings. The number of aromatic nitrogens is 1. The van der Waals surface area contributed by atoms with Crippen LogP contribution in [-0.2, 0) is 9.47 Å². The number of morpholine rings is 1. The molecule has 2 aliphatic heterocycles. The molecule has 2 bridgehead atoms. The van der Waals surface area contributed by atoms with Gasteiger partial charge in [0, 0.05) is 12.1 Å². The van der Waals surface area contributed by atoms with Gasteiger partial charge in [-0.2, -0.15) is 5.26 Å². The molecule has 0 radical (unpaired) electrons. The van der Waals surface area contributed by atoms with E-state index in [0.717, 1.165) is 0 Å². The molecule has 0 N–H and O–H groups in total. The normalized spacial score (nSPS) is 25.3. The molecule has 1 amide bonds. The second kappa shape index (κ2) is 7.04. The zero-order valence-corrected chi connectivity index (χ0v) is 15.3. The molecule has 2 saturated heterocycles. The van der Waals surface area contributed by atoms with Crippen LogP contribution in [0.15, 0.2) is 18.3 Å². The molecule has 2 unspecified atom stereocenters. The number of pyridine rings is 1. The van der Waals surface area contributed by atoms with Gasteiger partial charge in [0.1, 0.15) is 11.7 Å². The molecule has 26 heavy (non-hydrogen) atoms. The Hall–Kier alpha value is -2.46. The van der Waals surface area contributed by atoms with E-state index in [2.05, 4.69) is 4.98 Å². The second-order valence-corrected chi connectivity index (χ2v) is 7.78. The molecule has 2 atom stereocenters. The van der Waals surface area contributed by atoms with Crippen molar-refractivity contribution in [3.63, 3.8) is 0 Å². The minimum Gasteiger partial charge on any atom is -0.444 e. The molecule has 2 fully saturated rings. The van der Waals surface area contributed by atoms with Crippen molar-refractivity contribution in [2.24, 2.45) is 5.92 Å². The molecule has 0 aromatic carbocycles. The van der Waals surface area contributed by atoms with Gasteiger partial charge in [0.25, 0.3) is 0 Å². The summed E-state index contributed by atoms with van der Waals surface area (Å²) in [6.07, 6.45) is 2.13. The Balaban J connectivity index is 1.78. The zero-order chi connectivity index (χ0) is 18.9. The van der Waals surface area contributed by atoms with E-state index in [1.165, 1.54) is 6.20 Å². The molecule has 138 valence electrons. The predicted molar refractivity (Wildman–Crippen MR) is 92.5 cm³/mol. The summed E-state index contributed by atoms with van der Waals surface area (Å²) in [7, 11) is 0. The van der Waals surface area contributed by atoms with E-state index >= 15 is 0 Å². The van der Waals surface area contributed by atoms with Crippen molar-refractivity contribution < 1.29 is 19.1 Å². The van der Waals surface area contributed by atoms with Crippen molar-refractivity contribution in [3.8, 4) is 6.07 Å². The van der Waals surface area contributed by atoms with Gasteiger partial charge in [-0.3, -0.25) is 9.69 Å². The smallest absolute Gasteiger partial charge is 0.410 e. The number of nitrogens with zero attached hydrogens (tertiary/aromatic N) is 3. The predicted octanol–water partition coefficient (Wildman–Crippen LogP) is 2.55. The Bertz CT molecular complexity index is 736. The molecule has 1 aromatic heterocycles. The fourth-order valence-electron chi connectivity index (χ4n) is 3.66. The number of rotatable bonds is 2. The lowest BCUT2D eigenvalue weighted by Crippen LogP contribution is -2.60. The third-order valence-electron chi connectivity index (χ3n) is 4.67. The summed E-state index contributed by atoms with van der Waals surface area (Å²) in [6, 6.07) is 4.88. The Morgan fingerprint density at radius 1 is 1.31 bits per heavy atom. The summed E-state index contributed by atoms with van der Waals surface area (Å²) >= 11 is 0. The van der Waals surface area contributed by atoms with Crippen molar-refractivity contribution >= 4 is 11.9 Å². The van der Waals surface area contributed by atoms with Crippen LogP contribution in [0.3, 0.4) is 0 Å². The molecule has 3 rings (SSSR count). The third kappa shape index (κ3) is 3.70. The molecular weight excluding hydrogens is 334 g/mol. The van der Waals surface area contributed by atoms with Crippen LogP contribution < -0.4 is 0 Å². The fourth-order valence-corrected chi connectivity index (χ4v) is 3.66. The topological polar surface area (TPSA) is 92.5 Å². The largest absolute Gasteiger partial charge is 0.444 e. The van der Waals surface area contributed by atoms with Crippen molar-refractivity contribution in [2.45, 2.75) is 51.3 Å². The minimum atomic E-state index is -0.573. The standard InChI is InChI=1S/C19H23N3O4/c1-19(2,3)26-18(24)22-13-7-12(8-14(22)11-25-10-13)17(23)15-5-4-6-21-16(15)9-20/h4-6,12-14H,7-8,10-11H2,1-3H3. The number of nitriles is 1. The maximum Gasteiger partial charge on any atom is 0.410 e. The molecule has 0 aliphatic carbocycles. The fraction of sp³-hybridized carbons (Fsp3) is 0.579. The van der Waals surface area contributed by atoms with Gasteiger partial charge in [-0.1, -0.05) is 0 Å². The van der Waals surface area contributed by atoms with Crippen LogP contribution in [0.5, 0.6) is 0 Å². The van der Waals surface area contributed by atoms with Gasteiger partial charge in [0.15, 0.2) is 11.5 Å². The highest BCUT2D eigenvalue weighted by Gasteiger charge is 2.45. The Labute approximate surface area is 152 Å². The van der Waals surface area contributed by atoms with E-state index in [1.807, 2.05) is 26.8 Å². The Morgan fingerprint density at radius 3 is 2.54 bits per heavy atom. The number of hydrogen-bond acceptors (Lipinski definition) is 6. The van der Waals surface area contributed by atoms with Gasteiger partial charge in [-0.25, -0.2) is 9.78 Å². The summed E-state index contributed by atoms with van der Waals surface area (Å²) in [5.41, 5.74) is -0.0748. The minimum absolute atomic E-state index is 0.0876. The third-order valence-corrected chi connectivity index (χ3v) is 4.67. The van der Waals surface area contributed by atoms with Crippen molar-refractivity contribution in [1.82, 2.24) is 9.88 Å². The van der Waals surface area contributed by atoms with Crippen LogP contribution in [0.4, 0.5) is 4.79 Å². The lowest BCUT2D eigenvalue weighted by atomic mass is 9.80. The maximum atomic E-state index is 12.9. The Morgan fingerprint density at radius 2 is 1.96 bits per heavy atom. The molecule has 3 heterocycles. The van der Waals surface area contributed by atoms with Gasteiger partial charge >= 0.3 is 6.09 Å². The van der Waals surface area contributed by atoms with E-state index < -0.39 is 5.60 Å². The lowest BCUT2D eigenvalue weighted by molar-refractivity contribution is -0.0861. The average Bonchev–Trinajstić information content (AvgIpc) is 2.58. The zero-order valence-electron chi connectivity index (χ0n) is 15.3. The monoisotopic (exact) mass is 357 g/mol. The van der Waals surface area contributed by atoms with Crippen molar-refractivity contribution in [3.05, 3.63) is 29.6 Å². The van der Waals surface area contributed by atoms with Crippen LogP contribution in [0.25, 0.3) is 0 Å². The van der Waals surface area contributed by atoms with Gasteiger partial charge < -0.3 is 9.47 Å². The van der Waals surface area contributed by atoms with Crippen LogP contribution in [0, 0.1) is 17.2 Å². The van der Waals surface area contributed by atoms with Gasteiger partial charge in [-0.15, -0.1) is 0 Å². The number of ketones is 1. The number of amides is 1. The molecular formula is C19H23N3O4. The number of fused-ring (bicyclic) bond motifs is 2. The van der Waals surface area contributed by atoms with E-state index in [-0.39, 0.29) is 35.6 Å². The second-order valence-electron chi connectivity index (χ2n) is 7.78. The first-order valence-corrected chi connectivity index (χ1v) is 8.78. The first-order chi connectivity index (χ1) is 12.3. The lowest BCUT2D eigenvalue weighted by Gasteiger charge is -2.47. The van der Waals surface area contributed by atoms with Gasteiger partial charge in [0.2, 0.25) is 0 Å². The highest BCUT2D eigenvalue weighted by atomic mass is 16.6. The number of carbonyl (C=O) groups excluding carboxylic acids is 2. The molecule has 0 saturated carbocycles. The summed E-state index contributed by atoms with van der Waals surface area (Å²) in [4.78, 5) is 31.2. The van der Waals surface area contributed by atoms with Gasteiger partial charge in [0.05, 0.1) is 30.9 Å². The SMILES string of the molecule is CC(C)(C)OC(=O)N1C2COCC1CC(C(=O)c1cccnc1C#N)C2. The van der Waals surface area contributed by atoms with E-state index in [0.29, 0.717) is 31.6 Å². The van der Waals surface area contributed by atoms with Crippen LogP contribution >= 0.6 is 0 Å². The highest BCUT2D eigenvalue weighted by molar-refractivity contribution is 5.99. The van der Waals surface area contributed by atoms with E-state index in [4.69, 9.17) is 9.47 Å². The van der Waals surface area contributed by atoms with Crippen LogP contribution in [0.1, 0.15) is 49.7 Å². The molecule has 7 nitrogen and oxygen atoms in total. The maximum absolute atomic E-state index is 12.9. The Kier molecular flexibility index (Phi) is 4.97. The summed E-state index contributed by atoms with van der Waals surface area (Å²) < 4.78 is 11.1. The summed E-state index contributed by atoms with van der Waals surface area (Å²) in [5.74, 6) is -0.348. The van der Waals surface area contributed by atoms with Crippen molar-refractivity contribution in [2.75, 3.05) is 13.2 Å². The van der Waals surface area contributed by atoms with E-state index in [1.54, 1.807) is 17.0 Å². The number of Topliss-reactive ketones (excluding diaryl/α,β-unsaturated/α-hetero) is 1. The van der Waals surface area contributed by atoms with Crippen LogP contribution in [-0.4, -0.2) is 52.7 Å². The molecule has 2 aliphatic rings. The number of hydrogen-bond donors (Lipinski definition) is 0. The number of carbonyl (C=O) groups is 2. The van der Waals surface area contributed by atoms with Crippen LogP contribution in [0.2, 0.25) is 0 Å². The number of ether oxygens (including phenoxy) is 2. The average molecular weight is 357 g/mol. The summed E-state index contributed by atoms with van der Waals surface area (Å²) in [6.45, 7) is 6.27. The first-order valence-electron chi connectivity index (χ1n) is 8.78. The molecule has 0 spiro atoms. The van der Waals surface area contributed by atoms with Gasteiger partial charge in [-0.05, 0) is 45.7 Å². The summed E-state index contributed by atoms with van der Waals surface area (Å²) in [5, 5.41) is 9.20.